The quantitative estimate of drug-likeness (QED) is 0.681. The molecule has 0 aromatic carbocycles. The molecule has 0 aromatic rings. The van der Waals surface area contributed by atoms with Gasteiger partial charge < -0.3 is 16.0 Å². The van der Waals surface area contributed by atoms with Crippen molar-refractivity contribution in [3.05, 3.63) is 0 Å². The summed E-state index contributed by atoms with van der Waals surface area (Å²) in [5.41, 5.74) is 5.25. The van der Waals surface area contributed by atoms with Crippen molar-refractivity contribution in [3.63, 3.8) is 0 Å². The molecule has 4 nitrogen and oxygen atoms in total. The summed E-state index contributed by atoms with van der Waals surface area (Å²) in [6.45, 7) is 3.77. The predicted octanol–water partition coefficient (Wildman–Crippen LogP) is 1.10. The van der Waals surface area contributed by atoms with E-state index in [0.717, 1.165) is 32.4 Å². The van der Waals surface area contributed by atoms with Crippen LogP contribution in [0.5, 0.6) is 0 Å². The number of likely N-dealkylation sites (N-methyl/N-ethyl adjacent to an activating group) is 1. The van der Waals surface area contributed by atoms with Gasteiger partial charge in [-0.2, -0.15) is 0 Å². The van der Waals surface area contributed by atoms with Gasteiger partial charge in [-0.05, 0) is 51.6 Å². The SMILES string of the molecule is CCCNC(CN(C)C1CCC1)(C(N)=O)C1CC1. The van der Waals surface area contributed by atoms with Crippen LogP contribution in [0, 0.1) is 5.92 Å². The Morgan fingerprint density at radius 3 is 2.44 bits per heavy atom. The van der Waals surface area contributed by atoms with E-state index in [2.05, 4.69) is 24.2 Å². The Balaban J connectivity index is 2.03. The molecule has 2 aliphatic rings. The summed E-state index contributed by atoms with van der Waals surface area (Å²) in [6.07, 6.45) is 7.17. The van der Waals surface area contributed by atoms with Crippen LogP contribution in [0.3, 0.4) is 0 Å². The number of nitrogens with two attached hydrogens (primary N) is 1. The first-order chi connectivity index (χ1) is 8.60. The number of hydrogen-bond donors (Lipinski definition) is 2. The molecule has 2 fully saturated rings. The van der Waals surface area contributed by atoms with E-state index < -0.39 is 5.54 Å². The van der Waals surface area contributed by atoms with Gasteiger partial charge in [0.1, 0.15) is 5.54 Å². The molecule has 0 aliphatic heterocycles. The third-order valence-corrected chi connectivity index (χ3v) is 4.60. The van der Waals surface area contributed by atoms with E-state index in [4.69, 9.17) is 5.73 Å². The fraction of sp³-hybridized carbons (Fsp3) is 0.929. The summed E-state index contributed by atoms with van der Waals surface area (Å²) in [7, 11) is 2.14. The number of rotatable bonds is 8. The number of amides is 1. The largest absolute Gasteiger partial charge is 0.368 e. The van der Waals surface area contributed by atoms with Crippen LogP contribution >= 0.6 is 0 Å². The summed E-state index contributed by atoms with van der Waals surface area (Å²) in [6, 6.07) is 0.658. The number of primary amides is 1. The highest BCUT2D eigenvalue weighted by Gasteiger charge is 2.50. The van der Waals surface area contributed by atoms with E-state index in [1.165, 1.54) is 19.3 Å². The Hall–Kier alpha value is -0.610. The third-order valence-electron chi connectivity index (χ3n) is 4.60. The highest BCUT2D eigenvalue weighted by atomic mass is 16.1. The van der Waals surface area contributed by atoms with E-state index in [9.17, 15) is 4.79 Å². The van der Waals surface area contributed by atoms with E-state index in [0.29, 0.717) is 12.0 Å². The van der Waals surface area contributed by atoms with Gasteiger partial charge in [-0.15, -0.1) is 0 Å². The lowest BCUT2D eigenvalue weighted by atomic mass is 9.87. The van der Waals surface area contributed by atoms with E-state index in [-0.39, 0.29) is 5.91 Å². The van der Waals surface area contributed by atoms with E-state index in [1.807, 2.05) is 0 Å². The van der Waals surface area contributed by atoms with Crippen LogP contribution < -0.4 is 11.1 Å². The average molecular weight is 253 g/mol. The molecule has 0 aromatic heterocycles. The molecule has 104 valence electrons. The second-order valence-corrected chi connectivity index (χ2v) is 6.04. The first-order valence-corrected chi connectivity index (χ1v) is 7.35. The molecule has 2 aliphatic carbocycles. The summed E-state index contributed by atoms with van der Waals surface area (Å²) in [5, 5.41) is 3.46. The van der Waals surface area contributed by atoms with Gasteiger partial charge in [0.2, 0.25) is 5.91 Å². The minimum atomic E-state index is -0.486. The van der Waals surface area contributed by atoms with Crippen molar-refractivity contribution < 1.29 is 4.79 Å². The van der Waals surface area contributed by atoms with Crippen LogP contribution in [0.25, 0.3) is 0 Å². The Morgan fingerprint density at radius 2 is 2.06 bits per heavy atom. The molecule has 0 saturated heterocycles. The lowest BCUT2D eigenvalue weighted by molar-refractivity contribution is -0.126. The van der Waals surface area contributed by atoms with Crippen LogP contribution in [-0.2, 0) is 4.79 Å². The predicted molar refractivity (Wildman–Crippen MR) is 73.2 cm³/mol. The molecule has 1 unspecified atom stereocenters. The molecular formula is C14H27N3O. The zero-order chi connectivity index (χ0) is 13.2. The molecule has 0 bridgehead atoms. The smallest absolute Gasteiger partial charge is 0.239 e. The standard InChI is InChI=1S/C14H27N3O/c1-3-9-16-14(13(15)18,11-7-8-11)10-17(2)12-5-4-6-12/h11-12,16H,3-10H2,1-2H3,(H2,15,18). The number of nitrogens with one attached hydrogen (secondary N) is 1. The number of nitrogens with zero attached hydrogens (tertiary/aromatic N) is 1. The maximum absolute atomic E-state index is 12.0. The maximum Gasteiger partial charge on any atom is 0.239 e. The van der Waals surface area contributed by atoms with Crippen LogP contribution in [0.15, 0.2) is 0 Å². The summed E-state index contributed by atoms with van der Waals surface area (Å²) < 4.78 is 0. The number of hydrogen-bond acceptors (Lipinski definition) is 3. The molecule has 2 rings (SSSR count). The molecule has 4 heteroatoms. The van der Waals surface area contributed by atoms with Crippen molar-refractivity contribution in [1.29, 1.82) is 0 Å². The lowest BCUT2D eigenvalue weighted by Gasteiger charge is -2.42. The Bertz CT molecular complexity index is 299. The lowest BCUT2D eigenvalue weighted by Crippen LogP contribution is -2.64. The van der Waals surface area contributed by atoms with Crippen LogP contribution in [0.2, 0.25) is 0 Å². The highest BCUT2D eigenvalue weighted by molar-refractivity contribution is 5.86. The molecular weight excluding hydrogens is 226 g/mol. The fourth-order valence-electron chi connectivity index (χ4n) is 2.97. The van der Waals surface area contributed by atoms with Crippen LogP contribution in [0.4, 0.5) is 0 Å². The minimum absolute atomic E-state index is 0.162. The van der Waals surface area contributed by atoms with E-state index >= 15 is 0 Å². The van der Waals surface area contributed by atoms with Crippen molar-refractivity contribution in [2.75, 3.05) is 20.1 Å². The minimum Gasteiger partial charge on any atom is -0.368 e. The monoisotopic (exact) mass is 253 g/mol. The molecule has 2 saturated carbocycles. The molecule has 3 N–H and O–H groups in total. The first kappa shape index (κ1) is 13.8. The molecule has 1 atom stereocenters. The van der Waals surface area contributed by atoms with Crippen molar-refractivity contribution in [2.45, 2.75) is 57.0 Å². The number of carbonyl (C=O) groups excluding carboxylic acids is 1. The van der Waals surface area contributed by atoms with Crippen LogP contribution in [-0.4, -0.2) is 42.5 Å². The third kappa shape index (κ3) is 2.69. The highest BCUT2D eigenvalue weighted by Crippen LogP contribution is 2.41. The van der Waals surface area contributed by atoms with Crippen LogP contribution in [0.1, 0.15) is 45.4 Å². The van der Waals surface area contributed by atoms with Gasteiger partial charge in [0.05, 0.1) is 0 Å². The molecule has 18 heavy (non-hydrogen) atoms. The van der Waals surface area contributed by atoms with E-state index in [1.54, 1.807) is 0 Å². The van der Waals surface area contributed by atoms with Gasteiger partial charge in [-0.1, -0.05) is 13.3 Å². The van der Waals surface area contributed by atoms with Crippen molar-refractivity contribution in [1.82, 2.24) is 10.2 Å². The molecule has 0 spiro atoms. The summed E-state index contributed by atoms with van der Waals surface area (Å²) in [4.78, 5) is 14.3. The topological polar surface area (TPSA) is 58.4 Å². The Morgan fingerprint density at radius 1 is 1.39 bits per heavy atom. The van der Waals surface area contributed by atoms with Gasteiger partial charge in [-0.25, -0.2) is 0 Å². The van der Waals surface area contributed by atoms with Crippen molar-refractivity contribution >= 4 is 5.91 Å². The van der Waals surface area contributed by atoms with Gasteiger partial charge in [-0.3, -0.25) is 4.79 Å². The Labute approximate surface area is 110 Å². The van der Waals surface area contributed by atoms with Gasteiger partial charge in [0, 0.05) is 12.6 Å². The number of carbonyl (C=O) groups is 1. The summed E-state index contributed by atoms with van der Waals surface area (Å²) in [5.74, 6) is 0.286. The summed E-state index contributed by atoms with van der Waals surface area (Å²) >= 11 is 0. The second-order valence-electron chi connectivity index (χ2n) is 6.04. The molecule has 0 heterocycles. The zero-order valence-corrected chi connectivity index (χ0v) is 11.7. The fourth-order valence-corrected chi connectivity index (χ4v) is 2.97. The van der Waals surface area contributed by atoms with Gasteiger partial charge in [0.25, 0.3) is 0 Å². The molecule has 1 amide bonds. The first-order valence-electron chi connectivity index (χ1n) is 7.35. The second kappa shape index (κ2) is 5.57. The van der Waals surface area contributed by atoms with Gasteiger partial charge >= 0.3 is 0 Å². The van der Waals surface area contributed by atoms with Gasteiger partial charge in [0.15, 0.2) is 0 Å². The average Bonchev–Trinajstić information content (AvgIpc) is 3.05. The maximum atomic E-state index is 12.0. The van der Waals surface area contributed by atoms with Crippen molar-refractivity contribution in [2.24, 2.45) is 11.7 Å². The normalized spacial score (nSPS) is 23.7. The van der Waals surface area contributed by atoms with Crippen molar-refractivity contribution in [3.8, 4) is 0 Å². The Kier molecular flexibility index (Phi) is 4.28. The zero-order valence-electron chi connectivity index (χ0n) is 11.7. The molecule has 0 radical (unpaired) electrons.